The topological polar surface area (TPSA) is 44.8 Å². The Balaban J connectivity index is 2.53. The third kappa shape index (κ3) is 1.48. The third-order valence-electron chi connectivity index (χ3n) is 1.60. The summed E-state index contributed by atoms with van der Waals surface area (Å²) in [5.74, 6) is 0. The van der Waals surface area contributed by atoms with Crippen molar-refractivity contribution in [3.8, 4) is 5.69 Å². The van der Waals surface area contributed by atoms with E-state index in [0.717, 1.165) is 5.69 Å². The number of aromatic nitrogens is 3. The van der Waals surface area contributed by atoms with E-state index in [9.17, 15) is 5.21 Å². The monoisotopic (exact) mass is 195 g/mol. The molecule has 0 spiro atoms. The van der Waals surface area contributed by atoms with Crippen molar-refractivity contribution in [2.24, 2.45) is 0 Å². The van der Waals surface area contributed by atoms with Crippen LogP contribution >= 0.6 is 11.6 Å². The van der Waals surface area contributed by atoms with Crippen molar-refractivity contribution in [2.75, 3.05) is 0 Å². The molecule has 5 heteroatoms. The second kappa shape index (κ2) is 3.06. The molecular weight excluding hydrogens is 190 g/mol. The first-order valence-electron chi connectivity index (χ1n) is 3.68. The summed E-state index contributed by atoms with van der Waals surface area (Å²) >= 11 is 5.76. The molecule has 13 heavy (non-hydrogen) atoms. The lowest BCUT2D eigenvalue weighted by Gasteiger charge is -1.92. The summed E-state index contributed by atoms with van der Waals surface area (Å²) in [6, 6.07) is 9.22. The molecule has 0 N–H and O–H groups in total. The fraction of sp³-hybridized carbons (Fsp3) is 0. The first kappa shape index (κ1) is 8.07. The smallest absolute Gasteiger partial charge is 0.264 e. The molecule has 0 unspecified atom stereocenters. The molecule has 0 bridgehead atoms. The lowest BCUT2D eigenvalue weighted by Crippen LogP contribution is -2.27. The largest absolute Gasteiger partial charge is 0.691 e. The van der Waals surface area contributed by atoms with Gasteiger partial charge < -0.3 is 5.21 Å². The van der Waals surface area contributed by atoms with Crippen molar-refractivity contribution in [3.05, 3.63) is 46.9 Å². The highest BCUT2D eigenvalue weighted by atomic mass is 35.5. The summed E-state index contributed by atoms with van der Waals surface area (Å²) in [6.07, 6.45) is 1.20. The van der Waals surface area contributed by atoms with Crippen LogP contribution in [0.5, 0.6) is 0 Å². The third-order valence-corrected chi connectivity index (χ3v) is 1.86. The van der Waals surface area contributed by atoms with E-state index in [1.54, 1.807) is 0 Å². The number of rotatable bonds is 1. The summed E-state index contributed by atoms with van der Waals surface area (Å²) in [7, 11) is 0. The van der Waals surface area contributed by atoms with Gasteiger partial charge >= 0.3 is 0 Å². The van der Waals surface area contributed by atoms with Gasteiger partial charge in [-0.15, -0.1) is 4.85 Å². The van der Waals surface area contributed by atoms with Crippen LogP contribution in [0.1, 0.15) is 0 Å². The van der Waals surface area contributed by atoms with Crippen LogP contribution in [0.4, 0.5) is 0 Å². The minimum atomic E-state index is 0.293. The average Bonchev–Trinajstić information content (AvgIpc) is 2.47. The lowest BCUT2D eigenvalue weighted by atomic mass is 10.3. The second-order valence-corrected chi connectivity index (χ2v) is 2.88. The van der Waals surface area contributed by atoms with E-state index < -0.39 is 0 Å². The van der Waals surface area contributed by atoms with E-state index >= 15 is 0 Å². The maximum absolute atomic E-state index is 10.8. The van der Waals surface area contributed by atoms with Gasteiger partial charge in [-0.2, -0.15) is 0 Å². The van der Waals surface area contributed by atoms with Crippen LogP contribution in [0.25, 0.3) is 5.69 Å². The van der Waals surface area contributed by atoms with Crippen molar-refractivity contribution >= 4 is 11.6 Å². The van der Waals surface area contributed by atoms with Crippen molar-refractivity contribution in [1.82, 2.24) is 9.90 Å². The number of hydrogen-bond acceptors (Lipinski definition) is 2. The molecule has 0 radical (unpaired) electrons. The minimum Gasteiger partial charge on any atom is -0.691 e. The number of nitrogens with zero attached hydrogens (tertiary/aromatic N) is 3. The fourth-order valence-corrected chi connectivity index (χ4v) is 1.26. The molecular formula is C8H6ClN3O. The van der Waals surface area contributed by atoms with Gasteiger partial charge in [0.1, 0.15) is 5.21 Å². The van der Waals surface area contributed by atoms with Crippen molar-refractivity contribution in [3.63, 3.8) is 0 Å². The lowest BCUT2D eigenvalue weighted by molar-refractivity contribution is -0.670. The maximum Gasteiger partial charge on any atom is 0.264 e. The molecule has 2 aromatic rings. The van der Waals surface area contributed by atoms with Gasteiger partial charge in [0.2, 0.25) is 0 Å². The van der Waals surface area contributed by atoms with Crippen LogP contribution < -0.4 is 4.85 Å². The second-order valence-electron chi connectivity index (χ2n) is 2.49. The Morgan fingerprint density at radius 1 is 1.31 bits per heavy atom. The van der Waals surface area contributed by atoms with Gasteiger partial charge in [0.25, 0.3) is 5.15 Å². The number of para-hydroxylation sites is 1. The van der Waals surface area contributed by atoms with E-state index in [0.29, 0.717) is 10.00 Å². The fourth-order valence-electron chi connectivity index (χ4n) is 1.05. The van der Waals surface area contributed by atoms with Gasteiger partial charge in [-0.25, -0.2) is 0 Å². The quantitative estimate of drug-likeness (QED) is 0.506. The normalized spacial score (nSPS) is 10.2. The Labute approximate surface area is 79.5 Å². The molecule has 66 valence electrons. The van der Waals surface area contributed by atoms with Crippen LogP contribution in [0, 0.1) is 5.21 Å². The van der Waals surface area contributed by atoms with Crippen LogP contribution in [-0.4, -0.2) is 9.90 Å². The summed E-state index contributed by atoms with van der Waals surface area (Å²) in [6.45, 7) is 0. The molecule has 0 atom stereocenters. The molecule has 4 nitrogen and oxygen atoms in total. The van der Waals surface area contributed by atoms with E-state index in [1.165, 1.54) is 10.9 Å². The van der Waals surface area contributed by atoms with Gasteiger partial charge in [0, 0.05) is 0 Å². The highest BCUT2D eigenvalue weighted by Gasteiger charge is 2.11. The molecule has 0 aliphatic rings. The van der Waals surface area contributed by atoms with E-state index in [2.05, 4.69) is 5.21 Å². The van der Waals surface area contributed by atoms with Crippen LogP contribution in [0.3, 0.4) is 0 Å². The SMILES string of the molecule is [O-][n+]1cc(Cl)n(-c2ccccc2)n1. The van der Waals surface area contributed by atoms with Gasteiger partial charge in [-0.05, 0) is 23.7 Å². The first-order chi connectivity index (χ1) is 6.27. The Hall–Kier alpha value is -1.55. The molecule has 0 saturated heterocycles. The average molecular weight is 196 g/mol. The number of halogens is 1. The highest BCUT2D eigenvalue weighted by Crippen LogP contribution is 2.11. The molecule has 0 aliphatic carbocycles. The molecule has 1 aromatic heterocycles. The van der Waals surface area contributed by atoms with E-state index in [4.69, 9.17) is 11.6 Å². The Morgan fingerprint density at radius 3 is 2.54 bits per heavy atom. The van der Waals surface area contributed by atoms with Crippen molar-refractivity contribution in [2.45, 2.75) is 0 Å². The predicted molar refractivity (Wildman–Crippen MR) is 47.5 cm³/mol. The molecule has 2 rings (SSSR count). The summed E-state index contributed by atoms with van der Waals surface area (Å²) in [4.78, 5) is 0.426. The molecule has 1 heterocycles. The van der Waals surface area contributed by atoms with E-state index in [-0.39, 0.29) is 0 Å². The molecule has 0 saturated carbocycles. The summed E-state index contributed by atoms with van der Waals surface area (Å²) < 4.78 is 1.37. The van der Waals surface area contributed by atoms with Gasteiger partial charge in [0.05, 0.1) is 0 Å². The first-order valence-corrected chi connectivity index (χ1v) is 4.05. The Bertz CT molecular complexity index is 413. The summed E-state index contributed by atoms with van der Waals surface area (Å²) in [5.41, 5.74) is 0.766. The highest BCUT2D eigenvalue weighted by molar-refractivity contribution is 6.29. The molecule has 1 aromatic carbocycles. The van der Waals surface area contributed by atoms with E-state index in [1.807, 2.05) is 30.3 Å². The zero-order chi connectivity index (χ0) is 9.26. The van der Waals surface area contributed by atoms with Crippen LogP contribution in [-0.2, 0) is 0 Å². The Morgan fingerprint density at radius 2 is 2.00 bits per heavy atom. The molecule has 0 amide bonds. The van der Waals surface area contributed by atoms with Gasteiger partial charge in [0.15, 0.2) is 11.9 Å². The minimum absolute atomic E-state index is 0.293. The predicted octanol–water partition coefficient (Wildman–Crippen LogP) is 1.16. The number of benzene rings is 1. The van der Waals surface area contributed by atoms with Crippen LogP contribution in [0.2, 0.25) is 5.15 Å². The Kier molecular flexibility index (Phi) is 1.90. The maximum atomic E-state index is 10.8. The summed E-state index contributed by atoms with van der Waals surface area (Å²) in [5, 5.41) is 14.7. The zero-order valence-electron chi connectivity index (χ0n) is 6.59. The van der Waals surface area contributed by atoms with Gasteiger partial charge in [-0.3, -0.25) is 0 Å². The number of hydrogen-bond donors (Lipinski definition) is 0. The van der Waals surface area contributed by atoms with Crippen LogP contribution in [0.15, 0.2) is 36.5 Å². The van der Waals surface area contributed by atoms with Crippen molar-refractivity contribution < 1.29 is 4.85 Å². The molecule has 0 fully saturated rings. The van der Waals surface area contributed by atoms with Gasteiger partial charge in [-0.1, -0.05) is 22.9 Å². The van der Waals surface area contributed by atoms with Crippen molar-refractivity contribution in [1.29, 1.82) is 0 Å². The standard InChI is InChI=1S/C8H6ClN3O/c9-8-6-11(13)10-12(8)7-4-2-1-3-5-7/h1-6H. The zero-order valence-corrected chi connectivity index (χ0v) is 7.35. The molecule has 0 aliphatic heterocycles.